The van der Waals surface area contributed by atoms with Crippen LogP contribution in [-0.4, -0.2) is 45.9 Å². The minimum Gasteiger partial charge on any atom is -0.354 e. The molecular formula is C19H34N4O2S. The van der Waals surface area contributed by atoms with Gasteiger partial charge in [0.05, 0.1) is 4.90 Å². The Morgan fingerprint density at radius 1 is 1.19 bits per heavy atom. The second-order valence-corrected chi connectivity index (χ2v) is 10.2. The summed E-state index contributed by atoms with van der Waals surface area (Å²) in [4.78, 5) is 4.56. The molecule has 0 aliphatic rings. The second-order valence-electron chi connectivity index (χ2n) is 8.00. The predicted octanol–water partition coefficient (Wildman–Crippen LogP) is 2.82. The summed E-state index contributed by atoms with van der Waals surface area (Å²) in [6, 6.07) is 7.23. The molecule has 0 aliphatic carbocycles. The molecule has 0 saturated heterocycles. The molecule has 1 aromatic rings. The van der Waals surface area contributed by atoms with Gasteiger partial charge < -0.3 is 10.6 Å². The minimum atomic E-state index is -3.39. The molecule has 0 fully saturated rings. The first-order valence-electron chi connectivity index (χ1n) is 8.94. The molecule has 0 amide bonds. The summed E-state index contributed by atoms with van der Waals surface area (Å²) in [5.41, 5.74) is 1.31. The van der Waals surface area contributed by atoms with Crippen LogP contribution >= 0.6 is 0 Å². The lowest BCUT2D eigenvalue weighted by molar-refractivity contribution is 0.346. The largest absolute Gasteiger partial charge is 0.354 e. The molecule has 1 atom stereocenters. The third-order valence-electron chi connectivity index (χ3n) is 4.10. The molecule has 0 aromatic heterocycles. The van der Waals surface area contributed by atoms with Crippen molar-refractivity contribution in [1.29, 1.82) is 0 Å². The minimum absolute atomic E-state index is 0.296. The van der Waals surface area contributed by atoms with Gasteiger partial charge in [0.15, 0.2) is 5.96 Å². The van der Waals surface area contributed by atoms with Crippen LogP contribution in [0.2, 0.25) is 0 Å². The van der Waals surface area contributed by atoms with E-state index in [1.54, 1.807) is 19.2 Å². The molecule has 0 heterocycles. The fourth-order valence-corrected chi connectivity index (χ4v) is 3.23. The first-order chi connectivity index (χ1) is 12.0. The monoisotopic (exact) mass is 382 g/mol. The Bertz CT molecular complexity index is 689. The van der Waals surface area contributed by atoms with E-state index in [9.17, 15) is 8.42 Å². The van der Waals surface area contributed by atoms with Gasteiger partial charge in [0.2, 0.25) is 10.0 Å². The highest BCUT2D eigenvalue weighted by atomic mass is 32.2. The SMILES string of the molecule is CN=C(NCc1ccc(S(=O)(=O)N(C)C)cc1)NC(C)CCC(C)(C)C. The quantitative estimate of drug-likeness (QED) is 0.562. The van der Waals surface area contributed by atoms with E-state index in [1.807, 2.05) is 12.1 Å². The van der Waals surface area contributed by atoms with E-state index in [0.29, 0.717) is 22.9 Å². The molecular weight excluding hydrogens is 348 g/mol. The summed E-state index contributed by atoms with van der Waals surface area (Å²) in [5, 5.41) is 6.67. The molecule has 1 unspecified atom stereocenters. The predicted molar refractivity (Wildman–Crippen MR) is 109 cm³/mol. The first-order valence-corrected chi connectivity index (χ1v) is 10.4. The highest BCUT2D eigenvalue weighted by Gasteiger charge is 2.16. The van der Waals surface area contributed by atoms with Crippen molar-refractivity contribution < 1.29 is 8.42 Å². The number of rotatable bonds is 7. The van der Waals surface area contributed by atoms with Crippen LogP contribution in [0.3, 0.4) is 0 Å². The molecule has 148 valence electrons. The molecule has 6 nitrogen and oxygen atoms in total. The molecule has 0 saturated carbocycles. The van der Waals surface area contributed by atoms with Crippen molar-refractivity contribution in [2.24, 2.45) is 10.4 Å². The van der Waals surface area contributed by atoms with Crippen LogP contribution in [0, 0.1) is 5.41 Å². The van der Waals surface area contributed by atoms with E-state index in [0.717, 1.165) is 24.4 Å². The van der Waals surface area contributed by atoms with Gasteiger partial charge in [-0.3, -0.25) is 4.99 Å². The lowest BCUT2D eigenvalue weighted by Crippen LogP contribution is -2.42. The Balaban J connectivity index is 2.59. The third-order valence-corrected chi connectivity index (χ3v) is 5.93. The molecule has 0 spiro atoms. The number of nitrogens with one attached hydrogen (secondary N) is 2. The topological polar surface area (TPSA) is 73.8 Å². The molecule has 26 heavy (non-hydrogen) atoms. The Kier molecular flexibility index (Phi) is 8.09. The Morgan fingerprint density at radius 2 is 1.77 bits per heavy atom. The van der Waals surface area contributed by atoms with Gasteiger partial charge in [0.25, 0.3) is 0 Å². The van der Waals surface area contributed by atoms with Crippen molar-refractivity contribution in [1.82, 2.24) is 14.9 Å². The zero-order valence-electron chi connectivity index (χ0n) is 17.1. The van der Waals surface area contributed by atoms with Gasteiger partial charge in [-0.25, -0.2) is 12.7 Å². The maximum atomic E-state index is 12.1. The smallest absolute Gasteiger partial charge is 0.242 e. The zero-order valence-corrected chi connectivity index (χ0v) is 17.9. The summed E-state index contributed by atoms with van der Waals surface area (Å²) in [5.74, 6) is 0.747. The number of sulfonamides is 1. The van der Waals surface area contributed by atoms with E-state index >= 15 is 0 Å². The fraction of sp³-hybridized carbons (Fsp3) is 0.632. The highest BCUT2D eigenvalue weighted by molar-refractivity contribution is 7.89. The molecule has 1 rings (SSSR count). The van der Waals surface area contributed by atoms with Crippen molar-refractivity contribution in [3.05, 3.63) is 29.8 Å². The van der Waals surface area contributed by atoms with Crippen molar-refractivity contribution >= 4 is 16.0 Å². The lowest BCUT2D eigenvalue weighted by atomic mass is 9.89. The van der Waals surface area contributed by atoms with E-state index in [1.165, 1.54) is 18.4 Å². The lowest BCUT2D eigenvalue weighted by Gasteiger charge is -2.23. The van der Waals surface area contributed by atoms with Crippen molar-refractivity contribution in [2.45, 2.75) is 58.0 Å². The van der Waals surface area contributed by atoms with Crippen molar-refractivity contribution in [3.63, 3.8) is 0 Å². The maximum absolute atomic E-state index is 12.1. The van der Waals surface area contributed by atoms with Crippen LogP contribution < -0.4 is 10.6 Å². The number of nitrogens with zero attached hydrogens (tertiary/aromatic N) is 2. The molecule has 1 aromatic carbocycles. The first kappa shape index (κ1) is 22.4. The number of hydrogen-bond acceptors (Lipinski definition) is 3. The maximum Gasteiger partial charge on any atom is 0.242 e. The van der Waals surface area contributed by atoms with Crippen LogP contribution in [0.15, 0.2) is 34.2 Å². The van der Waals surface area contributed by atoms with E-state index in [4.69, 9.17) is 0 Å². The van der Waals surface area contributed by atoms with E-state index in [2.05, 4.69) is 43.3 Å². The van der Waals surface area contributed by atoms with Crippen LogP contribution in [0.4, 0.5) is 0 Å². The second kappa shape index (κ2) is 9.37. The number of guanidine groups is 1. The molecule has 0 aliphatic heterocycles. The number of aliphatic imine (C=N–C) groups is 1. The Hall–Kier alpha value is -1.60. The average molecular weight is 383 g/mol. The van der Waals surface area contributed by atoms with E-state index in [-0.39, 0.29) is 0 Å². The van der Waals surface area contributed by atoms with E-state index < -0.39 is 10.0 Å². The van der Waals surface area contributed by atoms with Gasteiger partial charge in [-0.1, -0.05) is 32.9 Å². The van der Waals surface area contributed by atoms with Gasteiger partial charge in [0, 0.05) is 33.7 Å². The van der Waals surface area contributed by atoms with Crippen LogP contribution in [0.1, 0.15) is 46.1 Å². The van der Waals surface area contributed by atoms with Crippen LogP contribution in [-0.2, 0) is 16.6 Å². The summed E-state index contributed by atoms with van der Waals surface area (Å²) >= 11 is 0. The summed E-state index contributed by atoms with van der Waals surface area (Å²) in [7, 11) is 1.42. The summed E-state index contributed by atoms with van der Waals surface area (Å²) < 4.78 is 25.4. The molecule has 0 bridgehead atoms. The highest BCUT2D eigenvalue weighted by Crippen LogP contribution is 2.21. The number of hydrogen-bond donors (Lipinski definition) is 2. The molecule has 2 N–H and O–H groups in total. The van der Waals surface area contributed by atoms with Gasteiger partial charge in [-0.2, -0.15) is 0 Å². The van der Waals surface area contributed by atoms with Gasteiger partial charge >= 0.3 is 0 Å². The Morgan fingerprint density at radius 3 is 2.23 bits per heavy atom. The zero-order chi connectivity index (χ0) is 20.0. The fourth-order valence-electron chi connectivity index (χ4n) is 2.33. The average Bonchev–Trinajstić information content (AvgIpc) is 2.56. The number of benzene rings is 1. The van der Waals surface area contributed by atoms with Gasteiger partial charge in [-0.05, 0) is 42.9 Å². The summed E-state index contributed by atoms with van der Waals surface area (Å²) in [6.07, 6.45) is 2.21. The van der Waals surface area contributed by atoms with Crippen LogP contribution in [0.25, 0.3) is 0 Å². The normalized spacial score (nSPS) is 14.4. The van der Waals surface area contributed by atoms with Gasteiger partial charge in [0.1, 0.15) is 0 Å². The third kappa shape index (κ3) is 7.33. The Labute approximate surface area is 159 Å². The standard InChI is InChI=1S/C19H34N4O2S/c1-15(12-13-19(2,3)4)22-18(20-5)21-14-16-8-10-17(11-9-16)26(24,25)23(6)7/h8-11,15H,12-14H2,1-7H3,(H2,20,21,22). The molecule has 0 radical (unpaired) electrons. The van der Waals surface area contributed by atoms with Crippen molar-refractivity contribution in [2.75, 3.05) is 21.1 Å². The summed E-state index contributed by atoms with van der Waals surface area (Å²) in [6.45, 7) is 9.46. The molecule has 7 heteroatoms. The van der Waals surface area contributed by atoms with Crippen molar-refractivity contribution in [3.8, 4) is 0 Å². The van der Waals surface area contributed by atoms with Gasteiger partial charge in [-0.15, -0.1) is 0 Å². The van der Waals surface area contributed by atoms with Crippen LogP contribution in [0.5, 0.6) is 0 Å².